The smallest absolute Gasteiger partial charge is 0.356 e. The van der Waals surface area contributed by atoms with E-state index in [9.17, 15) is 9.59 Å². The van der Waals surface area contributed by atoms with Crippen LogP contribution in [-0.4, -0.2) is 38.6 Å². The van der Waals surface area contributed by atoms with Crippen molar-refractivity contribution < 1.29 is 14.7 Å². The second-order valence-corrected chi connectivity index (χ2v) is 4.59. The Morgan fingerprint density at radius 3 is 2.89 bits per heavy atom. The van der Waals surface area contributed by atoms with E-state index in [1.807, 2.05) is 6.92 Å². The number of hydrogen-bond acceptors (Lipinski definition) is 4. The Morgan fingerprint density at radius 2 is 2.32 bits per heavy atom. The van der Waals surface area contributed by atoms with Gasteiger partial charge in [-0.3, -0.25) is 4.79 Å². The zero-order chi connectivity index (χ0) is 14.0. The first-order valence-electron chi connectivity index (χ1n) is 6.41. The molecule has 2 heterocycles. The van der Waals surface area contributed by atoms with E-state index in [0.29, 0.717) is 18.9 Å². The molecule has 0 radical (unpaired) electrons. The van der Waals surface area contributed by atoms with Crippen LogP contribution in [-0.2, 0) is 11.3 Å². The van der Waals surface area contributed by atoms with E-state index >= 15 is 0 Å². The van der Waals surface area contributed by atoms with Gasteiger partial charge in [-0.15, -0.1) is 0 Å². The maximum atomic E-state index is 11.5. The van der Waals surface area contributed by atoms with Gasteiger partial charge in [0.05, 0.1) is 12.1 Å². The van der Waals surface area contributed by atoms with Crippen LogP contribution in [0.4, 0.5) is 5.95 Å². The van der Waals surface area contributed by atoms with Crippen molar-refractivity contribution in [1.29, 1.82) is 0 Å². The largest absolute Gasteiger partial charge is 0.476 e. The molecule has 3 N–H and O–H groups in total. The van der Waals surface area contributed by atoms with Crippen molar-refractivity contribution >= 4 is 17.8 Å². The molecule has 0 bridgehead atoms. The van der Waals surface area contributed by atoms with Gasteiger partial charge in [-0.25, -0.2) is 9.78 Å². The topological polar surface area (TPSA) is 96.2 Å². The quantitative estimate of drug-likeness (QED) is 0.744. The van der Waals surface area contributed by atoms with E-state index in [0.717, 1.165) is 6.42 Å². The molecule has 7 heteroatoms. The number of amides is 1. The number of carbonyl (C=O) groups is 2. The summed E-state index contributed by atoms with van der Waals surface area (Å²) >= 11 is 0. The third-order valence-electron chi connectivity index (χ3n) is 3.30. The Balaban J connectivity index is 2.20. The van der Waals surface area contributed by atoms with Crippen molar-refractivity contribution in [3.8, 4) is 0 Å². The Morgan fingerprint density at radius 1 is 1.58 bits per heavy atom. The Labute approximate surface area is 111 Å². The molecule has 1 aromatic heterocycles. The molecule has 0 aliphatic carbocycles. The van der Waals surface area contributed by atoms with Crippen molar-refractivity contribution in [3.63, 3.8) is 0 Å². The molecule has 1 aromatic rings. The van der Waals surface area contributed by atoms with Gasteiger partial charge in [0.2, 0.25) is 11.9 Å². The van der Waals surface area contributed by atoms with Crippen molar-refractivity contribution in [2.24, 2.45) is 0 Å². The summed E-state index contributed by atoms with van der Waals surface area (Å²) in [6.07, 6.45) is 2.75. The third kappa shape index (κ3) is 2.69. The SMILES string of the molecule is CCC(=O)NC1Cn2cc(C(=O)O)nc2NC1CC. The van der Waals surface area contributed by atoms with Gasteiger partial charge in [-0.2, -0.15) is 0 Å². The van der Waals surface area contributed by atoms with Crippen LogP contribution in [0.1, 0.15) is 37.2 Å². The van der Waals surface area contributed by atoms with Crippen LogP contribution in [0.25, 0.3) is 0 Å². The molecular weight excluding hydrogens is 248 g/mol. The Hall–Kier alpha value is -2.05. The van der Waals surface area contributed by atoms with Gasteiger partial charge >= 0.3 is 5.97 Å². The fourth-order valence-corrected chi connectivity index (χ4v) is 2.22. The molecule has 104 valence electrons. The maximum absolute atomic E-state index is 11.5. The van der Waals surface area contributed by atoms with E-state index in [1.165, 1.54) is 6.20 Å². The number of nitrogens with one attached hydrogen (secondary N) is 2. The molecule has 19 heavy (non-hydrogen) atoms. The van der Waals surface area contributed by atoms with Crippen LogP contribution in [0.5, 0.6) is 0 Å². The van der Waals surface area contributed by atoms with Gasteiger partial charge in [-0.1, -0.05) is 13.8 Å². The second-order valence-electron chi connectivity index (χ2n) is 4.59. The van der Waals surface area contributed by atoms with E-state index < -0.39 is 5.97 Å². The first kappa shape index (κ1) is 13.4. The highest BCUT2D eigenvalue weighted by Gasteiger charge is 2.29. The zero-order valence-electron chi connectivity index (χ0n) is 11.0. The van der Waals surface area contributed by atoms with Crippen LogP contribution < -0.4 is 10.6 Å². The lowest BCUT2D eigenvalue weighted by Crippen LogP contribution is -2.51. The van der Waals surface area contributed by atoms with Crippen molar-refractivity contribution in [2.45, 2.75) is 45.3 Å². The molecule has 1 amide bonds. The summed E-state index contributed by atoms with van der Waals surface area (Å²) in [7, 11) is 0. The minimum Gasteiger partial charge on any atom is -0.476 e. The van der Waals surface area contributed by atoms with Gasteiger partial charge in [-0.05, 0) is 6.42 Å². The van der Waals surface area contributed by atoms with Crippen LogP contribution in [0.2, 0.25) is 0 Å². The highest BCUT2D eigenvalue weighted by Crippen LogP contribution is 2.20. The minimum absolute atomic E-state index is 0.00715. The number of fused-ring (bicyclic) bond motifs is 1. The van der Waals surface area contributed by atoms with Crippen LogP contribution >= 0.6 is 0 Å². The van der Waals surface area contributed by atoms with Crippen molar-refractivity contribution in [1.82, 2.24) is 14.9 Å². The van der Waals surface area contributed by atoms with Crippen molar-refractivity contribution in [3.05, 3.63) is 11.9 Å². The van der Waals surface area contributed by atoms with Gasteiger partial charge in [0, 0.05) is 19.2 Å². The number of aromatic carboxylic acids is 1. The molecule has 1 aliphatic rings. The maximum Gasteiger partial charge on any atom is 0.356 e. The van der Waals surface area contributed by atoms with E-state index in [1.54, 1.807) is 11.5 Å². The van der Waals surface area contributed by atoms with Gasteiger partial charge in [0.25, 0.3) is 0 Å². The molecule has 1 aliphatic heterocycles. The summed E-state index contributed by atoms with van der Waals surface area (Å²) < 4.78 is 1.73. The molecule has 7 nitrogen and oxygen atoms in total. The Bertz CT molecular complexity index is 497. The van der Waals surface area contributed by atoms with Crippen LogP contribution in [0, 0.1) is 0 Å². The summed E-state index contributed by atoms with van der Waals surface area (Å²) in [5, 5.41) is 15.1. The predicted molar refractivity (Wildman–Crippen MR) is 69.1 cm³/mol. The monoisotopic (exact) mass is 266 g/mol. The second kappa shape index (κ2) is 5.29. The molecular formula is C12H18N4O3. The lowest BCUT2D eigenvalue weighted by Gasteiger charge is -2.33. The summed E-state index contributed by atoms with van der Waals surface area (Å²) in [6.45, 7) is 4.35. The van der Waals surface area contributed by atoms with Crippen LogP contribution in [0.3, 0.4) is 0 Å². The first-order valence-corrected chi connectivity index (χ1v) is 6.41. The van der Waals surface area contributed by atoms with Gasteiger partial charge in [0.15, 0.2) is 5.69 Å². The number of rotatable bonds is 4. The number of nitrogens with zero attached hydrogens (tertiary/aromatic N) is 2. The average molecular weight is 266 g/mol. The molecule has 0 aromatic carbocycles. The van der Waals surface area contributed by atoms with Gasteiger partial charge in [0.1, 0.15) is 0 Å². The molecule has 2 unspecified atom stereocenters. The molecule has 2 atom stereocenters. The summed E-state index contributed by atoms with van der Waals surface area (Å²) in [6, 6.07) is 0.00726. The van der Waals surface area contributed by atoms with E-state index in [-0.39, 0.29) is 23.7 Å². The van der Waals surface area contributed by atoms with Gasteiger partial charge < -0.3 is 20.3 Å². The van der Waals surface area contributed by atoms with E-state index in [2.05, 4.69) is 15.6 Å². The number of aromatic nitrogens is 2. The lowest BCUT2D eigenvalue weighted by atomic mass is 10.0. The summed E-state index contributed by atoms with van der Waals surface area (Å²) in [5.74, 6) is -0.510. The highest BCUT2D eigenvalue weighted by atomic mass is 16.4. The minimum atomic E-state index is -1.05. The lowest BCUT2D eigenvalue weighted by molar-refractivity contribution is -0.121. The number of anilines is 1. The van der Waals surface area contributed by atoms with Crippen LogP contribution in [0.15, 0.2) is 6.20 Å². The van der Waals surface area contributed by atoms with Crippen molar-refractivity contribution in [2.75, 3.05) is 5.32 Å². The summed E-state index contributed by atoms with van der Waals surface area (Å²) in [4.78, 5) is 26.4. The number of carbonyl (C=O) groups excluding carboxylic acids is 1. The Kier molecular flexibility index (Phi) is 3.73. The average Bonchev–Trinajstić information content (AvgIpc) is 2.80. The molecule has 2 rings (SSSR count). The fraction of sp³-hybridized carbons (Fsp3) is 0.583. The standard InChI is InChI=1S/C12H18N4O3/c1-3-7-8(13-10(17)4-2)5-16-6-9(11(18)19)15-12(16)14-7/h6-8H,3-5H2,1-2H3,(H,13,17)(H,14,15)(H,18,19). The number of carboxylic acids is 1. The molecule has 0 saturated carbocycles. The predicted octanol–water partition coefficient (Wildman–Crippen LogP) is 0.680. The zero-order valence-corrected chi connectivity index (χ0v) is 11.0. The highest BCUT2D eigenvalue weighted by molar-refractivity contribution is 5.85. The number of carboxylic acid groups (broad SMARTS) is 1. The summed E-state index contributed by atoms with van der Waals surface area (Å²) in [5.41, 5.74) is 0.0137. The number of imidazole rings is 1. The molecule has 0 fully saturated rings. The molecule has 0 saturated heterocycles. The number of hydrogen-bond donors (Lipinski definition) is 3. The normalized spacial score (nSPS) is 21.4. The first-order chi connectivity index (χ1) is 9.05. The fourth-order valence-electron chi connectivity index (χ4n) is 2.22. The third-order valence-corrected chi connectivity index (χ3v) is 3.30. The van der Waals surface area contributed by atoms with E-state index in [4.69, 9.17) is 5.11 Å². The molecule has 0 spiro atoms.